The van der Waals surface area contributed by atoms with Gasteiger partial charge in [0.2, 0.25) is 10.0 Å². The van der Waals surface area contributed by atoms with E-state index in [9.17, 15) is 18.0 Å². The van der Waals surface area contributed by atoms with E-state index in [4.69, 9.17) is 4.74 Å². The highest BCUT2D eigenvalue weighted by molar-refractivity contribution is 7.93. The third-order valence-electron chi connectivity index (χ3n) is 4.43. The van der Waals surface area contributed by atoms with E-state index in [2.05, 4.69) is 10.6 Å². The van der Waals surface area contributed by atoms with Crippen LogP contribution in [0.4, 0.5) is 21.9 Å². The van der Waals surface area contributed by atoms with Crippen molar-refractivity contribution >= 4 is 39.1 Å². The summed E-state index contributed by atoms with van der Waals surface area (Å²) in [6.07, 6.45) is 0.0413. The van der Waals surface area contributed by atoms with Crippen LogP contribution in [0.3, 0.4) is 0 Å². The minimum absolute atomic E-state index is 0.143. The molecule has 1 aliphatic rings. The van der Waals surface area contributed by atoms with E-state index < -0.39 is 16.1 Å². The fourth-order valence-electron chi connectivity index (χ4n) is 2.98. The lowest BCUT2D eigenvalue weighted by molar-refractivity contribution is 0.102. The van der Waals surface area contributed by atoms with Crippen LogP contribution in [-0.4, -0.2) is 39.3 Å². The summed E-state index contributed by atoms with van der Waals surface area (Å²) in [5.74, 6) is 0.0358. The molecule has 1 heterocycles. The summed E-state index contributed by atoms with van der Waals surface area (Å²) in [4.78, 5) is 24.3. The molecule has 3 rings (SSSR count). The molecule has 160 valence electrons. The molecule has 1 saturated heterocycles. The minimum Gasteiger partial charge on any atom is -0.449 e. The first-order chi connectivity index (χ1) is 14.2. The number of nitrogens with one attached hydrogen (secondary N) is 2. The Labute approximate surface area is 176 Å². The Morgan fingerprint density at radius 1 is 1.07 bits per heavy atom. The molecule has 1 aliphatic heterocycles. The van der Waals surface area contributed by atoms with Gasteiger partial charge in [0.1, 0.15) is 0 Å². The van der Waals surface area contributed by atoms with Crippen LogP contribution in [0.25, 0.3) is 0 Å². The predicted octanol–water partition coefficient (Wildman–Crippen LogP) is 3.68. The van der Waals surface area contributed by atoms with Crippen LogP contribution in [0.1, 0.15) is 30.6 Å². The molecule has 0 aromatic heterocycles. The highest BCUT2D eigenvalue weighted by Crippen LogP contribution is 2.24. The molecule has 2 N–H and O–H groups in total. The van der Waals surface area contributed by atoms with Crippen molar-refractivity contribution < 1.29 is 22.7 Å². The second kappa shape index (κ2) is 9.17. The molecule has 0 unspecified atom stereocenters. The standard InChI is InChI=1S/C21H25N3O5S/c1-15(2)14-29-21(26)23-18-6-3-5-17(13-18)22-20(25)16-7-9-19(10-8-16)24-11-4-12-30(24,27)28/h3,5-10,13,15H,4,11-12,14H2,1-2H3,(H,22,25)(H,23,26). The van der Waals surface area contributed by atoms with Gasteiger partial charge in [-0.25, -0.2) is 13.2 Å². The predicted molar refractivity (Wildman–Crippen MR) is 116 cm³/mol. The van der Waals surface area contributed by atoms with Gasteiger partial charge in [0, 0.05) is 23.5 Å². The highest BCUT2D eigenvalue weighted by atomic mass is 32.2. The zero-order valence-electron chi connectivity index (χ0n) is 16.9. The van der Waals surface area contributed by atoms with E-state index >= 15 is 0 Å². The van der Waals surface area contributed by atoms with Gasteiger partial charge in [0.25, 0.3) is 5.91 Å². The molecule has 8 nitrogen and oxygen atoms in total. The van der Waals surface area contributed by atoms with E-state index in [1.54, 1.807) is 48.5 Å². The van der Waals surface area contributed by atoms with Crippen molar-refractivity contribution in [2.75, 3.05) is 33.8 Å². The van der Waals surface area contributed by atoms with Crippen molar-refractivity contribution in [1.29, 1.82) is 0 Å². The molecule has 0 spiro atoms. The molecule has 2 aromatic rings. The second-order valence-corrected chi connectivity index (χ2v) is 9.45. The summed E-state index contributed by atoms with van der Waals surface area (Å²) >= 11 is 0. The number of amides is 2. The van der Waals surface area contributed by atoms with Crippen molar-refractivity contribution in [3.8, 4) is 0 Å². The monoisotopic (exact) mass is 431 g/mol. The Bertz CT molecular complexity index is 1020. The summed E-state index contributed by atoms with van der Waals surface area (Å²) in [5.41, 5.74) is 1.95. The Hall–Kier alpha value is -3.07. The normalized spacial score (nSPS) is 15.1. The van der Waals surface area contributed by atoms with Crippen LogP contribution in [0.5, 0.6) is 0 Å². The first-order valence-electron chi connectivity index (χ1n) is 9.70. The molecular weight excluding hydrogens is 406 g/mol. The van der Waals surface area contributed by atoms with Crippen molar-refractivity contribution in [3.05, 3.63) is 54.1 Å². The first kappa shape index (κ1) is 21.6. The van der Waals surface area contributed by atoms with Crippen LogP contribution >= 0.6 is 0 Å². The van der Waals surface area contributed by atoms with E-state index in [0.717, 1.165) is 0 Å². The molecule has 1 fully saturated rings. The maximum Gasteiger partial charge on any atom is 0.411 e. The van der Waals surface area contributed by atoms with E-state index in [1.807, 2.05) is 13.8 Å². The van der Waals surface area contributed by atoms with Crippen LogP contribution in [-0.2, 0) is 14.8 Å². The van der Waals surface area contributed by atoms with E-state index in [-0.39, 0.29) is 17.6 Å². The van der Waals surface area contributed by atoms with Crippen LogP contribution < -0.4 is 14.9 Å². The lowest BCUT2D eigenvalue weighted by Crippen LogP contribution is -2.25. The maximum atomic E-state index is 12.5. The van der Waals surface area contributed by atoms with Gasteiger partial charge in [-0.3, -0.25) is 14.4 Å². The van der Waals surface area contributed by atoms with Gasteiger partial charge in [-0.05, 0) is 54.8 Å². The molecule has 2 aromatic carbocycles. The van der Waals surface area contributed by atoms with Gasteiger partial charge < -0.3 is 10.1 Å². The van der Waals surface area contributed by atoms with Crippen molar-refractivity contribution in [3.63, 3.8) is 0 Å². The maximum absolute atomic E-state index is 12.5. The number of rotatable bonds is 6. The summed E-state index contributed by atoms with van der Waals surface area (Å²) in [5, 5.41) is 5.39. The molecular formula is C21H25N3O5S. The molecule has 9 heteroatoms. The molecule has 0 radical (unpaired) electrons. The minimum atomic E-state index is -3.26. The number of anilines is 3. The van der Waals surface area contributed by atoms with Crippen LogP contribution in [0.2, 0.25) is 0 Å². The molecule has 30 heavy (non-hydrogen) atoms. The number of nitrogens with zero attached hydrogens (tertiary/aromatic N) is 1. The van der Waals surface area contributed by atoms with E-state index in [1.165, 1.54) is 4.31 Å². The van der Waals surface area contributed by atoms with E-state index in [0.29, 0.717) is 42.2 Å². The van der Waals surface area contributed by atoms with Gasteiger partial charge in [-0.2, -0.15) is 0 Å². The summed E-state index contributed by atoms with van der Waals surface area (Å²) in [6.45, 7) is 4.66. The Morgan fingerprint density at radius 3 is 2.33 bits per heavy atom. The second-order valence-electron chi connectivity index (χ2n) is 7.44. The Morgan fingerprint density at radius 2 is 1.73 bits per heavy atom. The third-order valence-corrected chi connectivity index (χ3v) is 6.30. The number of hydrogen-bond acceptors (Lipinski definition) is 5. The van der Waals surface area contributed by atoms with Gasteiger partial charge in [-0.15, -0.1) is 0 Å². The number of carbonyl (C=O) groups is 2. The Kier molecular flexibility index (Phi) is 6.61. The van der Waals surface area contributed by atoms with Crippen LogP contribution in [0.15, 0.2) is 48.5 Å². The molecule has 2 amide bonds. The largest absolute Gasteiger partial charge is 0.449 e. The lowest BCUT2D eigenvalue weighted by atomic mass is 10.2. The van der Waals surface area contributed by atoms with Gasteiger partial charge in [0.15, 0.2) is 0 Å². The number of benzene rings is 2. The SMILES string of the molecule is CC(C)COC(=O)Nc1cccc(NC(=O)c2ccc(N3CCCS3(=O)=O)cc2)c1. The average Bonchev–Trinajstić information content (AvgIpc) is 3.06. The summed E-state index contributed by atoms with van der Waals surface area (Å²) in [6, 6.07) is 13.1. The molecule has 0 aliphatic carbocycles. The summed E-state index contributed by atoms with van der Waals surface area (Å²) < 4.78 is 30.5. The number of carbonyl (C=O) groups excluding carboxylic acids is 2. The lowest BCUT2D eigenvalue weighted by Gasteiger charge is -2.17. The first-order valence-corrected chi connectivity index (χ1v) is 11.3. The summed E-state index contributed by atoms with van der Waals surface area (Å²) in [7, 11) is -3.26. The topological polar surface area (TPSA) is 105 Å². The average molecular weight is 432 g/mol. The fraction of sp³-hybridized carbons (Fsp3) is 0.333. The van der Waals surface area contributed by atoms with Crippen molar-refractivity contribution in [2.24, 2.45) is 5.92 Å². The highest BCUT2D eigenvalue weighted by Gasteiger charge is 2.28. The number of hydrogen-bond donors (Lipinski definition) is 2. The molecule has 0 bridgehead atoms. The molecule has 0 saturated carbocycles. The fourth-order valence-corrected chi connectivity index (χ4v) is 4.55. The third kappa shape index (κ3) is 5.50. The van der Waals surface area contributed by atoms with Crippen molar-refractivity contribution in [1.82, 2.24) is 0 Å². The smallest absolute Gasteiger partial charge is 0.411 e. The zero-order chi connectivity index (χ0) is 21.7. The number of ether oxygens (including phenoxy) is 1. The number of sulfonamides is 1. The van der Waals surface area contributed by atoms with Crippen molar-refractivity contribution in [2.45, 2.75) is 20.3 Å². The van der Waals surface area contributed by atoms with Crippen LogP contribution in [0, 0.1) is 5.92 Å². The Balaban J connectivity index is 1.62. The molecule has 0 atom stereocenters. The zero-order valence-corrected chi connectivity index (χ0v) is 17.7. The quantitative estimate of drug-likeness (QED) is 0.726. The van der Waals surface area contributed by atoms with Gasteiger partial charge in [0.05, 0.1) is 18.0 Å². The van der Waals surface area contributed by atoms with Gasteiger partial charge in [-0.1, -0.05) is 19.9 Å². The van der Waals surface area contributed by atoms with Gasteiger partial charge >= 0.3 is 6.09 Å².